The summed E-state index contributed by atoms with van der Waals surface area (Å²) in [5.74, 6) is 2.05. The smallest absolute Gasteiger partial charge is 0.0106 e. The van der Waals surface area contributed by atoms with Crippen molar-refractivity contribution in [3.05, 3.63) is 30.3 Å². The number of rotatable bonds is 5. The van der Waals surface area contributed by atoms with Gasteiger partial charge in [-0.3, -0.25) is 0 Å². The molecule has 1 nitrogen and oxygen atoms in total. The van der Waals surface area contributed by atoms with Crippen LogP contribution >= 0.6 is 11.8 Å². The van der Waals surface area contributed by atoms with Gasteiger partial charge in [0.15, 0.2) is 0 Å². The minimum absolute atomic E-state index is 0.774. The van der Waals surface area contributed by atoms with Crippen molar-refractivity contribution in [1.82, 2.24) is 5.32 Å². The molecule has 16 heavy (non-hydrogen) atoms. The summed E-state index contributed by atoms with van der Waals surface area (Å²) in [5, 5.41) is 3.68. The van der Waals surface area contributed by atoms with Gasteiger partial charge in [-0.1, -0.05) is 31.5 Å². The second-order valence-corrected chi connectivity index (χ2v) is 5.80. The molecular weight excluding hydrogens is 214 g/mol. The fourth-order valence-electron chi connectivity index (χ4n) is 2.38. The number of hydrogen-bond donors (Lipinski definition) is 1. The molecule has 0 amide bonds. The van der Waals surface area contributed by atoms with Crippen LogP contribution in [0.15, 0.2) is 35.2 Å². The van der Waals surface area contributed by atoms with Crippen LogP contribution in [0.3, 0.4) is 0 Å². The highest BCUT2D eigenvalue weighted by atomic mass is 32.2. The van der Waals surface area contributed by atoms with Gasteiger partial charge in [-0.15, -0.1) is 11.8 Å². The average molecular weight is 235 g/mol. The maximum atomic E-state index is 3.68. The second-order valence-electron chi connectivity index (χ2n) is 4.63. The summed E-state index contributed by atoms with van der Waals surface area (Å²) >= 11 is 1.94. The molecule has 0 bridgehead atoms. The molecule has 2 rings (SSSR count). The minimum Gasteiger partial charge on any atom is -0.313 e. The van der Waals surface area contributed by atoms with E-state index in [4.69, 9.17) is 0 Å². The number of thioether (sulfide) groups is 1. The Labute approximate surface area is 103 Å². The molecule has 1 aliphatic rings. The highest BCUT2D eigenvalue weighted by molar-refractivity contribution is 7.99. The molecule has 2 unspecified atom stereocenters. The van der Waals surface area contributed by atoms with E-state index < -0.39 is 0 Å². The average Bonchev–Trinajstić information content (AvgIpc) is 2.72. The van der Waals surface area contributed by atoms with Crippen LogP contribution in [0.5, 0.6) is 0 Å². The molecule has 0 aromatic heterocycles. The molecule has 0 heterocycles. The first-order valence-corrected chi connectivity index (χ1v) is 7.26. The van der Waals surface area contributed by atoms with E-state index in [1.165, 1.54) is 29.9 Å². The minimum atomic E-state index is 0.774. The van der Waals surface area contributed by atoms with E-state index >= 15 is 0 Å². The van der Waals surface area contributed by atoms with E-state index in [2.05, 4.69) is 42.6 Å². The van der Waals surface area contributed by atoms with E-state index in [1.54, 1.807) is 0 Å². The normalized spacial score (nSPS) is 24.8. The van der Waals surface area contributed by atoms with Crippen LogP contribution in [0.4, 0.5) is 0 Å². The van der Waals surface area contributed by atoms with Crippen molar-refractivity contribution < 1.29 is 0 Å². The first kappa shape index (κ1) is 12.0. The van der Waals surface area contributed by atoms with E-state index in [0.29, 0.717) is 0 Å². The Bertz CT molecular complexity index is 299. The van der Waals surface area contributed by atoms with Crippen LogP contribution in [0.1, 0.15) is 26.2 Å². The Morgan fingerprint density at radius 1 is 1.25 bits per heavy atom. The van der Waals surface area contributed by atoms with E-state index in [-0.39, 0.29) is 0 Å². The lowest BCUT2D eigenvalue weighted by molar-refractivity contribution is 0.438. The molecule has 2 atom stereocenters. The second kappa shape index (κ2) is 6.31. The first-order valence-electron chi connectivity index (χ1n) is 6.27. The third-order valence-corrected chi connectivity index (χ3v) is 4.40. The van der Waals surface area contributed by atoms with E-state index in [0.717, 1.165) is 18.5 Å². The van der Waals surface area contributed by atoms with Crippen LogP contribution in [-0.4, -0.2) is 18.3 Å². The van der Waals surface area contributed by atoms with Crippen molar-refractivity contribution in [2.24, 2.45) is 5.92 Å². The third-order valence-electron chi connectivity index (χ3n) is 3.38. The van der Waals surface area contributed by atoms with Crippen molar-refractivity contribution in [3.8, 4) is 0 Å². The molecule has 0 saturated heterocycles. The van der Waals surface area contributed by atoms with Crippen LogP contribution in [0, 0.1) is 5.92 Å². The standard InChI is InChI=1S/C14H21NS/c1-12-6-5-9-14(12)15-10-11-16-13-7-3-2-4-8-13/h2-4,7-8,12,14-15H,5-6,9-11H2,1H3. The highest BCUT2D eigenvalue weighted by Gasteiger charge is 2.21. The Morgan fingerprint density at radius 3 is 2.75 bits per heavy atom. The van der Waals surface area contributed by atoms with Gasteiger partial charge in [0, 0.05) is 23.2 Å². The van der Waals surface area contributed by atoms with Crippen molar-refractivity contribution >= 4 is 11.8 Å². The summed E-state index contributed by atoms with van der Waals surface area (Å²) in [6, 6.07) is 11.4. The van der Waals surface area contributed by atoms with Crippen LogP contribution in [0.2, 0.25) is 0 Å². The topological polar surface area (TPSA) is 12.0 Å². The molecule has 88 valence electrons. The van der Waals surface area contributed by atoms with Gasteiger partial charge in [-0.2, -0.15) is 0 Å². The maximum absolute atomic E-state index is 3.68. The van der Waals surface area contributed by atoms with Crippen molar-refractivity contribution in [3.63, 3.8) is 0 Å². The molecule has 1 saturated carbocycles. The lowest BCUT2D eigenvalue weighted by Crippen LogP contribution is -2.32. The quantitative estimate of drug-likeness (QED) is 0.618. The van der Waals surface area contributed by atoms with Gasteiger partial charge in [-0.25, -0.2) is 0 Å². The molecule has 0 aliphatic heterocycles. The van der Waals surface area contributed by atoms with Gasteiger partial charge >= 0.3 is 0 Å². The SMILES string of the molecule is CC1CCCC1NCCSc1ccccc1. The Kier molecular flexibility index (Phi) is 4.73. The van der Waals surface area contributed by atoms with E-state index in [9.17, 15) is 0 Å². The summed E-state index contributed by atoms with van der Waals surface area (Å²) in [4.78, 5) is 1.38. The lowest BCUT2D eigenvalue weighted by atomic mass is 10.1. The van der Waals surface area contributed by atoms with E-state index in [1.807, 2.05) is 11.8 Å². The van der Waals surface area contributed by atoms with Gasteiger partial charge in [-0.05, 0) is 30.9 Å². The molecule has 2 heteroatoms. The Hall–Kier alpha value is -0.470. The number of nitrogens with one attached hydrogen (secondary N) is 1. The Balaban J connectivity index is 1.62. The molecule has 1 aliphatic carbocycles. The Morgan fingerprint density at radius 2 is 2.06 bits per heavy atom. The zero-order valence-corrected chi connectivity index (χ0v) is 10.8. The van der Waals surface area contributed by atoms with Crippen molar-refractivity contribution in [2.75, 3.05) is 12.3 Å². The summed E-state index contributed by atoms with van der Waals surface area (Å²) in [6.07, 6.45) is 4.19. The largest absolute Gasteiger partial charge is 0.313 e. The van der Waals surface area contributed by atoms with Gasteiger partial charge in [0.25, 0.3) is 0 Å². The third kappa shape index (κ3) is 3.53. The van der Waals surface area contributed by atoms with Crippen molar-refractivity contribution in [2.45, 2.75) is 37.1 Å². The highest BCUT2D eigenvalue weighted by Crippen LogP contribution is 2.24. The first-order chi connectivity index (χ1) is 7.86. The number of benzene rings is 1. The van der Waals surface area contributed by atoms with Gasteiger partial charge in [0.1, 0.15) is 0 Å². The zero-order chi connectivity index (χ0) is 11.2. The predicted octanol–water partition coefficient (Wildman–Crippen LogP) is 3.56. The zero-order valence-electron chi connectivity index (χ0n) is 9.99. The monoisotopic (exact) mass is 235 g/mol. The maximum Gasteiger partial charge on any atom is 0.0106 e. The summed E-state index contributed by atoms with van der Waals surface area (Å²) < 4.78 is 0. The van der Waals surface area contributed by atoms with Crippen molar-refractivity contribution in [1.29, 1.82) is 0 Å². The molecule has 0 spiro atoms. The lowest BCUT2D eigenvalue weighted by Gasteiger charge is -2.16. The summed E-state index contributed by atoms with van der Waals surface area (Å²) in [5.41, 5.74) is 0. The molecular formula is C14H21NS. The molecule has 0 radical (unpaired) electrons. The van der Waals surface area contributed by atoms with Crippen LogP contribution in [0.25, 0.3) is 0 Å². The van der Waals surface area contributed by atoms with Gasteiger partial charge in [0.2, 0.25) is 0 Å². The predicted molar refractivity (Wildman–Crippen MR) is 72.0 cm³/mol. The summed E-state index contributed by atoms with van der Waals surface area (Å²) in [6.45, 7) is 3.50. The van der Waals surface area contributed by atoms with Gasteiger partial charge < -0.3 is 5.32 Å². The van der Waals surface area contributed by atoms with Crippen LogP contribution < -0.4 is 5.32 Å². The molecule has 1 aromatic carbocycles. The summed E-state index contributed by atoms with van der Waals surface area (Å²) in [7, 11) is 0. The molecule has 1 N–H and O–H groups in total. The molecule has 1 aromatic rings. The van der Waals surface area contributed by atoms with Gasteiger partial charge in [0.05, 0.1) is 0 Å². The fraction of sp³-hybridized carbons (Fsp3) is 0.571. The molecule has 1 fully saturated rings. The van der Waals surface area contributed by atoms with Crippen LogP contribution in [-0.2, 0) is 0 Å². The fourth-order valence-corrected chi connectivity index (χ4v) is 3.18. The number of hydrogen-bond acceptors (Lipinski definition) is 2.